The maximum atomic E-state index is 11.5. The number of anilines is 1. The van der Waals surface area contributed by atoms with Gasteiger partial charge >= 0.3 is 0 Å². The number of rotatable bonds is 3. The van der Waals surface area contributed by atoms with Crippen LogP contribution in [0.3, 0.4) is 0 Å². The maximum Gasteiger partial charge on any atom is 0.251 e. The standard InChI is InChI=1S/C15H22N2OS/c1-15(2)8-13(9-19-10-15)17-12-6-4-11(5-7-12)14(18)16-3/h4-7,13,17H,8-10H2,1-3H3,(H,16,18). The smallest absolute Gasteiger partial charge is 0.251 e. The van der Waals surface area contributed by atoms with Gasteiger partial charge in [-0.15, -0.1) is 0 Å². The molecule has 3 nitrogen and oxygen atoms in total. The van der Waals surface area contributed by atoms with E-state index in [0.29, 0.717) is 17.0 Å². The zero-order chi connectivity index (χ0) is 13.9. The first-order chi connectivity index (χ1) is 9.00. The average Bonchev–Trinajstić information content (AvgIpc) is 2.37. The predicted molar refractivity (Wildman–Crippen MR) is 83.0 cm³/mol. The van der Waals surface area contributed by atoms with Gasteiger partial charge in [0.25, 0.3) is 5.91 Å². The van der Waals surface area contributed by atoms with E-state index < -0.39 is 0 Å². The topological polar surface area (TPSA) is 41.1 Å². The molecule has 0 spiro atoms. The number of benzene rings is 1. The summed E-state index contributed by atoms with van der Waals surface area (Å²) < 4.78 is 0. The van der Waals surface area contributed by atoms with Gasteiger partial charge in [-0.1, -0.05) is 13.8 Å². The Labute approximate surface area is 119 Å². The summed E-state index contributed by atoms with van der Waals surface area (Å²) in [6, 6.07) is 8.21. The van der Waals surface area contributed by atoms with Crippen molar-refractivity contribution in [1.29, 1.82) is 0 Å². The highest BCUT2D eigenvalue weighted by Crippen LogP contribution is 2.34. The molecule has 1 heterocycles. The van der Waals surface area contributed by atoms with Crippen LogP contribution in [0.2, 0.25) is 0 Å². The summed E-state index contributed by atoms with van der Waals surface area (Å²) in [6.45, 7) is 4.64. The van der Waals surface area contributed by atoms with E-state index in [1.807, 2.05) is 36.0 Å². The average molecular weight is 278 g/mol. The molecule has 104 valence electrons. The second kappa shape index (κ2) is 5.87. The minimum atomic E-state index is -0.0408. The van der Waals surface area contributed by atoms with Crippen molar-refractivity contribution in [2.75, 3.05) is 23.9 Å². The van der Waals surface area contributed by atoms with Crippen molar-refractivity contribution >= 4 is 23.4 Å². The zero-order valence-electron chi connectivity index (χ0n) is 11.8. The lowest BCUT2D eigenvalue weighted by Gasteiger charge is -2.35. The largest absolute Gasteiger partial charge is 0.381 e. The molecular weight excluding hydrogens is 256 g/mol. The summed E-state index contributed by atoms with van der Waals surface area (Å²) >= 11 is 2.01. The number of thioether (sulfide) groups is 1. The van der Waals surface area contributed by atoms with Crippen LogP contribution in [0.25, 0.3) is 0 Å². The Morgan fingerprint density at radius 1 is 1.32 bits per heavy atom. The van der Waals surface area contributed by atoms with Crippen molar-refractivity contribution in [3.63, 3.8) is 0 Å². The molecule has 1 amide bonds. The minimum Gasteiger partial charge on any atom is -0.381 e. The van der Waals surface area contributed by atoms with Crippen LogP contribution >= 0.6 is 11.8 Å². The van der Waals surface area contributed by atoms with Crippen molar-refractivity contribution in [3.8, 4) is 0 Å². The Hall–Kier alpha value is -1.16. The van der Waals surface area contributed by atoms with Crippen molar-refractivity contribution in [1.82, 2.24) is 5.32 Å². The summed E-state index contributed by atoms with van der Waals surface area (Å²) in [6.07, 6.45) is 1.19. The number of hydrogen-bond donors (Lipinski definition) is 2. The van der Waals surface area contributed by atoms with Gasteiger partial charge in [0, 0.05) is 30.1 Å². The van der Waals surface area contributed by atoms with E-state index in [4.69, 9.17) is 0 Å². The Bertz CT molecular complexity index is 442. The fourth-order valence-corrected chi connectivity index (χ4v) is 3.73. The summed E-state index contributed by atoms with van der Waals surface area (Å²) in [4.78, 5) is 11.5. The summed E-state index contributed by atoms with van der Waals surface area (Å²) in [5.41, 5.74) is 2.20. The van der Waals surface area contributed by atoms with E-state index in [0.717, 1.165) is 11.4 Å². The molecule has 0 radical (unpaired) electrons. The molecule has 1 aliphatic heterocycles. The van der Waals surface area contributed by atoms with Crippen LogP contribution in [0.5, 0.6) is 0 Å². The molecule has 1 atom stereocenters. The van der Waals surface area contributed by atoms with E-state index >= 15 is 0 Å². The van der Waals surface area contributed by atoms with Crippen LogP contribution in [-0.2, 0) is 0 Å². The summed E-state index contributed by atoms with van der Waals surface area (Å²) in [7, 11) is 1.65. The van der Waals surface area contributed by atoms with Gasteiger partial charge in [0.15, 0.2) is 0 Å². The third kappa shape index (κ3) is 3.90. The number of carbonyl (C=O) groups is 1. The molecule has 1 unspecified atom stereocenters. The highest BCUT2D eigenvalue weighted by atomic mass is 32.2. The highest BCUT2D eigenvalue weighted by Gasteiger charge is 2.28. The molecule has 2 rings (SSSR count). The molecular formula is C15H22N2OS. The molecule has 1 aromatic carbocycles. The Morgan fingerprint density at radius 2 is 2.00 bits per heavy atom. The fraction of sp³-hybridized carbons (Fsp3) is 0.533. The molecule has 1 fully saturated rings. The second-order valence-electron chi connectivity index (χ2n) is 5.88. The molecule has 1 aromatic rings. The lowest BCUT2D eigenvalue weighted by Crippen LogP contribution is -2.35. The number of amides is 1. The van der Waals surface area contributed by atoms with Gasteiger partial charge in [-0.05, 0) is 41.9 Å². The monoisotopic (exact) mass is 278 g/mol. The van der Waals surface area contributed by atoms with Crippen molar-refractivity contribution in [2.24, 2.45) is 5.41 Å². The zero-order valence-corrected chi connectivity index (χ0v) is 12.6. The van der Waals surface area contributed by atoms with Crippen LogP contribution < -0.4 is 10.6 Å². The summed E-state index contributed by atoms with van der Waals surface area (Å²) in [5, 5.41) is 6.20. The lowest BCUT2D eigenvalue weighted by molar-refractivity contribution is 0.0963. The number of carbonyl (C=O) groups excluding carboxylic acids is 1. The third-order valence-electron chi connectivity index (χ3n) is 3.36. The molecule has 2 N–H and O–H groups in total. The maximum absolute atomic E-state index is 11.5. The molecule has 0 bridgehead atoms. The second-order valence-corrected chi connectivity index (χ2v) is 6.91. The first-order valence-corrected chi connectivity index (χ1v) is 7.82. The first-order valence-electron chi connectivity index (χ1n) is 6.67. The summed E-state index contributed by atoms with van der Waals surface area (Å²) in [5.74, 6) is 2.35. The fourth-order valence-electron chi connectivity index (χ4n) is 2.45. The van der Waals surface area contributed by atoms with E-state index in [1.54, 1.807) is 7.05 Å². The van der Waals surface area contributed by atoms with E-state index in [-0.39, 0.29) is 5.91 Å². The molecule has 0 saturated carbocycles. The van der Waals surface area contributed by atoms with Gasteiger partial charge in [-0.25, -0.2) is 0 Å². The van der Waals surface area contributed by atoms with Crippen molar-refractivity contribution in [3.05, 3.63) is 29.8 Å². The minimum absolute atomic E-state index is 0.0408. The quantitative estimate of drug-likeness (QED) is 0.893. The lowest BCUT2D eigenvalue weighted by atomic mass is 9.88. The Morgan fingerprint density at radius 3 is 2.58 bits per heavy atom. The van der Waals surface area contributed by atoms with Crippen LogP contribution in [0.1, 0.15) is 30.6 Å². The molecule has 4 heteroatoms. The molecule has 0 aromatic heterocycles. The van der Waals surface area contributed by atoms with Crippen LogP contribution in [0, 0.1) is 5.41 Å². The van der Waals surface area contributed by atoms with Crippen LogP contribution in [0.15, 0.2) is 24.3 Å². The number of hydrogen-bond acceptors (Lipinski definition) is 3. The van der Waals surface area contributed by atoms with E-state index in [9.17, 15) is 4.79 Å². The third-order valence-corrected chi connectivity index (χ3v) is 4.98. The SMILES string of the molecule is CNC(=O)c1ccc(NC2CSCC(C)(C)C2)cc1. The van der Waals surface area contributed by atoms with Gasteiger partial charge in [0.05, 0.1) is 0 Å². The first kappa shape index (κ1) is 14.3. The molecule has 0 aliphatic carbocycles. The van der Waals surface area contributed by atoms with E-state index in [1.165, 1.54) is 12.2 Å². The van der Waals surface area contributed by atoms with Crippen LogP contribution in [0.4, 0.5) is 5.69 Å². The van der Waals surface area contributed by atoms with Gasteiger partial charge in [-0.3, -0.25) is 4.79 Å². The highest BCUT2D eigenvalue weighted by molar-refractivity contribution is 7.99. The van der Waals surface area contributed by atoms with Gasteiger partial charge in [0.2, 0.25) is 0 Å². The van der Waals surface area contributed by atoms with Gasteiger partial charge in [0.1, 0.15) is 0 Å². The molecule has 19 heavy (non-hydrogen) atoms. The number of nitrogens with one attached hydrogen (secondary N) is 2. The predicted octanol–water partition coefficient (Wildman–Crippen LogP) is 2.99. The van der Waals surface area contributed by atoms with E-state index in [2.05, 4.69) is 24.5 Å². The molecule has 1 saturated heterocycles. The van der Waals surface area contributed by atoms with Gasteiger partial charge < -0.3 is 10.6 Å². The Kier molecular flexibility index (Phi) is 4.40. The van der Waals surface area contributed by atoms with Crippen molar-refractivity contribution in [2.45, 2.75) is 26.3 Å². The Balaban J connectivity index is 1.98. The molecule has 1 aliphatic rings. The van der Waals surface area contributed by atoms with Gasteiger partial charge in [-0.2, -0.15) is 11.8 Å². The van der Waals surface area contributed by atoms with Crippen LogP contribution in [-0.4, -0.2) is 30.5 Å². The normalized spacial score (nSPS) is 21.7. The van der Waals surface area contributed by atoms with Crippen molar-refractivity contribution < 1.29 is 4.79 Å².